The van der Waals surface area contributed by atoms with Crippen molar-refractivity contribution in [2.75, 3.05) is 16.8 Å². The summed E-state index contributed by atoms with van der Waals surface area (Å²) in [5.41, 5.74) is -0.212. The van der Waals surface area contributed by atoms with Crippen LogP contribution in [0.2, 0.25) is 0 Å². The first-order valence-corrected chi connectivity index (χ1v) is 9.48. The van der Waals surface area contributed by atoms with Crippen LogP contribution < -0.4 is 10.2 Å². The third-order valence-electron chi connectivity index (χ3n) is 4.88. The molecule has 2 heterocycles. The van der Waals surface area contributed by atoms with Gasteiger partial charge in [-0.25, -0.2) is 0 Å². The van der Waals surface area contributed by atoms with E-state index in [1.165, 1.54) is 6.92 Å². The molecule has 1 N–H and O–H groups in total. The fourth-order valence-corrected chi connectivity index (χ4v) is 3.37. The van der Waals surface area contributed by atoms with Gasteiger partial charge < -0.3 is 14.6 Å². The van der Waals surface area contributed by atoms with E-state index in [2.05, 4.69) is 10.5 Å². The topological polar surface area (TPSA) is 102 Å². The number of alkyl halides is 3. The Morgan fingerprint density at radius 2 is 2.00 bits per heavy atom. The van der Waals surface area contributed by atoms with Crippen LogP contribution in [0.1, 0.15) is 18.2 Å². The molecule has 32 heavy (non-hydrogen) atoms. The lowest BCUT2D eigenvalue weighted by Crippen LogP contribution is -2.47. The van der Waals surface area contributed by atoms with Crippen molar-refractivity contribution in [2.45, 2.75) is 25.6 Å². The summed E-state index contributed by atoms with van der Waals surface area (Å²) < 4.78 is 49.2. The van der Waals surface area contributed by atoms with E-state index < -0.39 is 42.2 Å². The van der Waals surface area contributed by atoms with Crippen LogP contribution >= 0.6 is 0 Å². The highest BCUT2D eigenvalue weighted by Crippen LogP contribution is 2.37. The number of anilines is 2. The van der Waals surface area contributed by atoms with Crippen molar-refractivity contribution in [1.82, 2.24) is 5.16 Å². The molecule has 2 aromatic carbocycles. The number of ether oxygens (including phenoxy) is 1. The molecule has 0 spiro atoms. The van der Waals surface area contributed by atoms with Crippen LogP contribution in [0.15, 0.2) is 47.0 Å². The van der Waals surface area contributed by atoms with Crippen LogP contribution in [0.5, 0.6) is 0 Å². The van der Waals surface area contributed by atoms with Crippen LogP contribution in [0.25, 0.3) is 11.0 Å². The molecule has 4 rings (SSSR count). The average molecular weight is 447 g/mol. The van der Waals surface area contributed by atoms with Gasteiger partial charge in [-0.15, -0.1) is 0 Å². The number of fused-ring (bicyclic) bond motifs is 2. The number of rotatable bonds is 4. The zero-order valence-electron chi connectivity index (χ0n) is 16.6. The summed E-state index contributed by atoms with van der Waals surface area (Å²) in [5.74, 6) is -2.17. The lowest BCUT2D eigenvalue weighted by atomic mass is 10.1. The Balaban J connectivity index is 1.49. The second-order valence-electron chi connectivity index (χ2n) is 7.14. The number of esters is 1. The van der Waals surface area contributed by atoms with Gasteiger partial charge in [0.1, 0.15) is 12.2 Å². The number of nitrogens with zero attached hydrogens (tertiary/aromatic N) is 2. The van der Waals surface area contributed by atoms with Crippen molar-refractivity contribution < 1.29 is 36.8 Å². The first kappa shape index (κ1) is 21.3. The molecule has 3 aromatic rings. The molecule has 1 aliphatic rings. The minimum atomic E-state index is -4.61. The van der Waals surface area contributed by atoms with E-state index in [0.717, 1.165) is 23.1 Å². The summed E-state index contributed by atoms with van der Waals surface area (Å²) in [7, 11) is 0. The quantitative estimate of drug-likeness (QED) is 0.616. The van der Waals surface area contributed by atoms with E-state index >= 15 is 0 Å². The number of benzene rings is 2. The Morgan fingerprint density at radius 1 is 1.25 bits per heavy atom. The highest BCUT2D eigenvalue weighted by molar-refractivity contribution is 6.11. The van der Waals surface area contributed by atoms with Gasteiger partial charge in [-0.05, 0) is 37.3 Å². The van der Waals surface area contributed by atoms with Gasteiger partial charge in [-0.2, -0.15) is 13.2 Å². The zero-order valence-corrected chi connectivity index (χ0v) is 16.6. The molecule has 0 aliphatic carbocycles. The summed E-state index contributed by atoms with van der Waals surface area (Å²) in [6.07, 6.45) is -6.15. The SMILES string of the molecule is CC(OC(=O)Cc1noc2ccccc12)C(=O)N1CC(=O)Nc2cc(C(F)(F)F)ccc21. The lowest BCUT2D eigenvalue weighted by Gasteiger charge is -2.31. The van der Waals surface area contributed by atoms with Crippen LogP contribution in [-0.2, 0) is 31.7 Å². The number of hydrogen-bond donors (Lipinski definition) is 1. The molecule has 1 atom stereocenters. The van der Waals surface area contributed by atoms with Gasteiger partial charge in [0, 0.05) is 5.39 Å². The van der Waals surface area contributed by atoms with Crippen molar-refractivity contribution in [3.05, 3.63) is 53.7 Å². The Bertz CT molecular complexity index is 1220. The van der Waals surface area contributed by atoms with Crippen molar-refractivity contribution in [3.63, 3.8) is 0 Å². The number of nitrogens with one attached hydrogen (secondary N) is 1. The van der Waals surface area contributed by atoms with Crippen molar-refractivity contribution in [2.24, 2.45) is 0 Å². The van der Waals surface area contributed by atoms with E-state index in [1.807, 2.05) is 0 Å². The molecule has 8 nitrogen and oxygen atoms in total. The lowest BCUT2D eigenvalue weighted by molar-refractivity contribution is -0.153. The number of carbonyl (C=O) groups excluding carboxylic acids is 3. The largest absolute Gasteiger partial charge is 0.452 e. The zero-order chi connectivity index (χ0) is 23.0. The van der Waals surface area contributed by atoms with Gasteiger partial charge in [0.2, 0.25) is 5.91 Å². The third-order valence-corrected chi connectivity index (χ3v) is 4.88. The smallest absolute Gasteiger partial charge is 0.416 e. The van der Waals surface area contributed by atoms with Crippen LogP contribution in [0.3, 0.4) is 0 Å². The fourth-order valence-electron chi connectivity index (χ4n) is 3.37. The minimum Gasteiger partial charge on any atom is -0.452 e. The molecule has 11 heteroatoms. The maximum absolute atomic E-state index is 13.0. The van der Waals surface area contributed by atoms with Crippen LogP contribution in [0.4, 0.5) is 24.5 Å². The van der Waals surface area contributed by atoms with Crippen LogP contribution in [0, 0.1) is 0 Å². The van der Waals surface area contributed by atoms with E-state index in [9.17, 15) is 27.6 Å². The fraction of sp³-hybridized carbons (Fsp3) is 0.238. The van der Waals surface area contributed by atoms with E-state index in [1.54, 1.807) is 24.3 Å². The molecule has 0 radical (unpaired) electrons. The number of aromatic nitrogens is 1. The average Bonchev–Trinajstić information content (AvgIpc) is 3.14. The molecule has 2 amide bonds. The monoisotopic (exact) mass is 447 g/mol. The van der Waals surface area contributed by atoms with Crippen LogP contribution in [-0.4, -0.2) is 35.6 Å². The van der Waals surface area contributed by atoms with Crippen molar-refractivity contribution >= 4 is 40.1 Å². The molecule has 1 aromatic heterocycles. The van der Waals surface area contributed by atoms with Gasteiger partial charge in [0.25, 0.3) is 5.91 Å². The van der Waals surface area contributed by atoms with Crippen molar-refractivity contribution in [3.8, 4) is 0 Å². The highest BCUT2D eigenvalue weighted by atomic mass is 19.4. The number of halogens is 3. The molecule has 0 saturated heterocycles. The Hall–Kier alpha value is -3.89. The first-order chi connectivity index (χ1) is 15.1. The van der Waals surface area contributed by atoms with Crippen molar-refractivity contribution in [1.29, 1.82) is 0 Å². The Labute approximate surface area is 178 Å². The van der Waals surface area contributed by atoms with Gasteiger partial charge in [0.05, 0.1) is 23.4 Å². The number of amides is 2. The van der Waals surface area contributed by atoms with Gasteiger partial charge in [0.15, 0.2) is 11.7 Å². The van der Waals surface area contributed by atoms with E-state index in [-0.39, 0.29) is 17.8 Å². The summed E-state index contributed by atoms with van der Waals surface area (Å²) in [5, 5.41) is 6.78. The molecule has 166 valence electrons. The maximum Gasteiger partial charge on any atom is 0.416 e. The maximum atomic E-state index is 13.0. The molecule has 1 aliphatic heterocycles. The molecule has 1 unspecified atom stereocenters. The highest BCUT2D eigenvalue weighted by Gasteiger charge is 2.35. The molecule has 0 saturated carbocycles. The molecular weight excluding hydrogens is 431 g/mol. The number of carbonyl (C=O) groups is 3. The predicted molar refractivity (Wildman–Crippen MR) is 106 cm³/mol. The standard InChI is InChI=1S/C21H16F3N3O5/c1-11(31-19(29)9-14-13-4-2-3-5-17(13)32-26-14)20(30)27-10-18(28)25-15-8-12(21(22,23)24)6-7-16(15)27/h2-8,11H,9-10H2,1H3,(H,25,28). The van der Waals surface area contributed by atoms with E-state index in [0.29, 0.717) is 16.7 Å². The normalized spacial score (nSPS) is 14.6. The minimum absolute atomic E-state index is 0.0768. The van der Waals surface area contributed by atoms with Gasteiger partial charge in [-0.3, -0.25) is 19.3 Å². The van der Waals surface area contributed by atoms with E-state index in [4.69, 9.17) is 9.26 Å². The second-order valence-corrected chi connectivity index (χ2v) is 7.14. The summed E-state index contributed by atoms with van der Waals surface area (Å²) >= 11 is 0. The molecular formula is C21H16F3N3O5. The number of para-hydroxylation sites is 1. The summed E-state index contributed by atoms with van der Waals surface area (Å²) in [6.45, 7) is 0.893. The predicted octanol–water partition coefficient (Wildman–Crippen LogP) is 3.31. The summed E-state index contributed by atoms with van der Waals surface area (Å²) in [4.78, 5) is 38.1. The second kappa shape index (κ2) is 7.98. The van der Waals surface area contributed by atoms with Gasteiger partial charge in [-0.1, -0.05) is 17.3 Å². The first-order valence-electron chi connectivity index (χ1n) is 9.48. The Morgan fingerprint density at radius 3 is 2.75 bits per heavy atom. The Kier molecular flexibility index (Phi) is 5.33. The molecule has 0 bridgehead atoms. The third kappa shape index (κ3) is 4.13. The summed E-state index contributed by atoms with van der Waals surface area (Å²) in [6, 6.07) is 9.56. The van der Waals surface area contributed by atoms with Gasteiger partial charge >= 0.3 is 12.1 Å². The number of hydrogen-bond acceptors (Lipinski definition) is 6. The molecule has 0 fully saturated rings.